The first-order valence-corrected chi connectivity index (χ1v) is 8.58. The van der Waals surface area contributed by atoms with Gasteiger partial charge in [-0.25, -0.2) is 0 Å². The van der Waals surface area contributed by atoms with Gasteiger partial charge in [0.25, 0.3) is 5.69 Å². The Labute approximate surface area is 152 Å². The number of rotatable bonds is 6. The van der Waals surface area contributed by atoms with Crippen LogP contribution in [-0.4, -0.2) is 53.3 Å². The van der Waals surface area contributed by atoms with Crippen LogP contribution in [0.3, 0.4) is 0 Å². The second kappa shape index (κ2) is 7.89. The van der Waals surface area contributed by atoms with Gasteiger partial charge in [0.2, 0.25) is 5.89 Å². The number of aromatic nitrogens is 2. The Balaban J connectivity index is 1.61. The lowest BCUT2D eigenvalue weighted by Gasteiger charge is -2.35. The van der Waals surface area contributed by atoms with E-state index in [4.69, 9.17) is 9.26 Å². The van der Waals surface area contributed by atoms with Crippen molar-refractivity contribution in [2.24, 2.45) is 0 Å². The quantitative estimate of drug-likeness (QED) is 0.526. The maximum Gasteiger partial charge on any atom is 0.293 e. The third-order valence-electron chi connectivity index (χ3n) is 3.99. The third-order valence-corrected chi connectivity index (χ3v) is 4.48. The molecule has 3 rings (SSSR count). The first-order valence-electron chi connectivity index (χ1n) is 7.78. The van der Waals surface area contributed by atoms with Crippen molar-refractivity contribution in [3.8, 4) is 0 Å². The summed E-state index contributed by atoms with van der Waals surface area (Å²) >= 11 is 3.28. The normalized spacial score (nSPS) is 15.5. The Bertz CT molecular complexity index is 745. The monoisotopic (exact) mass is 411 g/mol. The average molecular weight is 412 g/mol. The molecule has 0 spiro atoms. The molecule has 1 aromatic carbocycles. The van der Waals surface area contributed by atoms with Gasteiger partial charge >= 0.3 is 0 Å². The van der Waals surface area contributed by atoms with E-state index in [1.54, 1.807) is 13.2 Å². The van der Waals surface area contributed by atoms with Gasteiger partial charge in [-0.1, -0.05) is 21.1 Å². The summed E-state index contributed by atoms with van der Waals surface area (Å²) in [6.45, 7) is 3.80. The van der Waals surface area contributed by atoms with Gasteiger partial charge in [-0.15, -0.1) is 0 Å². The van der Waals surface area contributed by atoms with Gasteiger partial charge in [0.1, 0.15) is 12.3 Å². The molecule has 0 amide bonds. The topological polar surface area (TPSA) is 97.8 Å². The van der Waals surface area contributed by atoms with Gasteiger partial charge in [-0.2, -0.15) is 4.98 Å². The number of anilines is 1. The van der Waals surface area contributed by atoms with Crippen molar-refractivity contribution in [3.05, 3.63) is 44.5 Å². The van der Waals surface area contributed by atoms with E-state index in [0.717, 1.165) is 13.1 Å². The van der Waals surface area contributed by atoms with E-state index in [1.807, 2.05) is 11.0 Å². The van der Waals surface area contributed by atoms with E-state index in [0.29, 0.717) is 48.1 Å². The summed E-state index contributed by atoms with van der Waals surface area (Å²) in [6.07, 6.45) is 0. The zero-order valence-corrected chi connectivity index (χ0v) is 15.3. The van der Waals surface area contributed by atoms with Crippen LogP contribution in [0.15, 0.2) is 27.2 Å². The highest BCUT2D eigenvalue weighted by Gasteiger charge is 2.24. The molecular formula is C15H18BrN5O4. The van der Waals surface area contributed by atoms with Gasteiger partial charge in [-0.3, -0.25) is 15.0 Å². The van der Waals surface area contributed by atoms with Crippen molar-refractivity contribution in [2.45, 2.75) is 13.2 Å². The molecule has 0 unspecified atom stereocenters. The van der Waals surface area contributed by atoms with Crippen LogP contribution < -0.4 is 4.90 Å². The molecular weight excluding hydrogens is 394 g/mol. The van der Waals surface area contributed by atoms with E-state index < -0.39 is 0 Å². The number of halogens is 1. The molecule has 0 atom stereocenters. The number of benzene rings is 1. The zero-order valence-electron chi connectivity index (χ0n) is 13.7. The van der Waals surface area contributed by atoms with Crippen LogP contribution in [-0.2, 0) is 17.9 Å². The van der Waals surface area contributed by atoms with Crippen molar-refractivity contribution in [3.63, 3.8) is 0 Å². The van der Waals surface area contributed by atoms with Crippen molar-refractivity contribution in [2.75, 3.05) is 38.2 Å². The largest absolute Gasteiger partial charge is 0.377 e. The van der Waals surface area contributed by atoms with Gasteiger partial charge in [-0.05, 0) is 12.1 Å². The summed E-state index contributed by atoms with van der Waals surface area (Å²) in [4.78, 5) is 19.4. The number of methoxy groups -OCH3 is 1. The predicted molar refractivity (Wildman–Crippen MR) is 93.3 cm³/mol. The second-order valence-electron chi connectivity index (χ2n) is 5.69. The molecule has 1 aliphatic rings. The molecule has 1 aromatic heterocycles. The fraction of sp³-hybridized carbons (Fsp3) is 0.467. The van der Waals surface area contributed by atoms with Crippen LogP contribution in [0.4, 0.5) is 11.4 Å². The smallest absolute Gasteiger partial charge is 0.293 e. The lowest BCUT2D eigenvalue weighted by molar-refractivity contribution is -0.384. The predicted octanol–water partition coefficient (Wildman–Crippen LogP) is 2.21. The standard InChI is InChI=1S/C15H18BrN5O4/c1-24-10-14-17-15(25-18-14)9-19-4-6-20(7-5-19)12-3-2-11(16)8-13(12)21(22)23/h2-3,8H,4-7,9-10H2,1H3. The lowest BCUT2D eigenvalue weighted by atomic mass is 10.2. The Kier molecular flexibility index (Phi) is 5.61. The Hall–Kier alpha value is -2.04. The molecule has 0 N–H and O–H groups in total. The summed E-state index contributed by atoms with van der Waals surface area (Å²) in [6, 6.07) is 5.15. The maximum atomic E-state index is 11.3. The molecule has 1 saturated heterocycles. The number of nitro groups is 1. The van der Waals surface area contributed by atoms with E-state index in [2.05, 4.69) is 31.0 Å². The minimum atomic E-state index is -0.345. The summed E-state index contributed by atoms with van der Waals surface area (Å²) in [5, 5.41) is 15.1. The molecule has 9 nitrogen and oxygen atoms in total. The third kappa shape index (κ3) is 4.33. The van der Waals surface area contributed by atoms with Gasteiger partial charge in [0.05, 0.1) is 11.5 Å². The van der Waals surface area contributed by atoms with E-state index in [-0.39, 0.29) is 10.6 Å². The summed E-state index contributed by atoms with van der Waals surface area (Å²) in [7, 11) is 1.58. The van der Waals surface area contributed by atoms with Gasteiger partial charge in [0.15, 0.2) is 5.82 Å². The number of nitro benzene ring substituents is 1. The number of ether oxygens (including phenoxy) is 1. The SMILES string of the molecule is COCc1noc(CN2CCN(c3ccc(Br)cc3[N+](=O)[O-])CC2)n1. The Morgan fingerprint density at radius 2 is 2.12 bits per heavy atom. The Morgan fingerprint density at radius 1 is 1.36 bits per heavy atom. The maximum absolute atomic E-state index is 11.3. The molecule has 2 aromatic rings. The number of nitrogens with zero attached hydrogens (tertiary/aromatic N) is 5. The molecule has 134 valence electrons. The van der Waals surface area contributed by atoms with Crippen molar-refractivity contribution < 1.29 is 14.2 Å². The molecule has 0 radical (unpaired) electrons. The number of piperazine rings is 1. The highest BCUT2D eigenvalue weighted by Crippen LogP contribution is 2.31. The molecule has 25 heavy (non-hydrogen) atoms. The van der Waals surface area contributed by atoms with Crippen LogP contribution in [0.1, 0.15) is 11.7 Å². The van der Waals surface area contributed by atoms with Crippen LogP contribution >= 0.6 is 15.9 Å². The second-order valence-corrected chi connectivity index (χ2v) is 6.61. The molecule has 0 bridgehead atoms. The molecule has 2 heterocycles. The fourth-order valence-electron chi connectivity index (χ4n) is 2.79. The highest BCUT2D eigenvalue weighted by atomic mass is 79.9. The van der Waals surface area contributed by atoms with Crippen LogP contribution in [0, 0.1) is 10.1 Å². The van der Waals surface area contributed by atoms with Crippen molar-refractivity contribution in [1.29, 1.82) is 0 Å². The van der Waals surface area contributed by atoms with Crippen LogP contribution in [0.2, 0.25) is 0 Å². The lowest BCUT2D eigenvalue weighted by Crippen LogP contribution is -2.46. The Morgan fingerprint density at radius 3 is 2.80 bits per heavy atom. The summed E-state index contributed by atoms with van der Waals surface area (Å²) in [5.74, 6) is 1.08. The molecule has 0 saturated carbocycles. The van der Waals surface area contributed by atoms with Crippen molar-refractivity contribution >= 4 is 27.3 Å². The number of hydrogen-bond acceptors (Lipinski definition) is 8. The summed E-state index contributed by atoms with van der Waals surface area (Å²) < 4.78 is 10.9. The minimum Gasteiger partial charge on any atom is -0.377 e. The molecule has 0 aliphatic carbocycles. The van der Waals surface area contributed by atoms with E-state index in [1.165, 1.54) is 6.07 Å². The zero-order chi connectivity index (χ0) is 17.8. The first kappa shape index (κ1) is 17.8. The van der Waals surface area contributed by atoms with E-state index >= 15 is 0 Å². The van der Waals surface area contributed by atoms with Gasteiger partial charge in [0, 0.05) is 43.8 Å². The molecule has 1 aliphatic heterocycles. The van der Waals surface area contributed by atoms with Crippen LogP contribution in [0.25, 0.3) is 0 Å². The highest BCUT2D eigenvalue weighted by molar-refractivity contribution is 9.10. The fourth-order valence-corrected chi connectivity index (χ4v) is 3.14. The molecule has 10 heteroatoms. The van der Waals surface area contributed by atoms with E-state index in [9.17, 15) is 10.1 Å². The minimum absolute atomic E-state index is 0.115. The van der Waals surface area contributed by atoms with Crippen LogP contribution in [0.5, 0.6) is 0 Å². The first-order chi connectivity index (χ1) is 12.1. The number of hydrogen-bond donors (Lipinski definition) is 0. The van der Waals surface area contributed by atoms with Gasteiger partial charge < -0.3 is 14.2 Å². The van der Waals surface area contributed by atoms with Crippen molar-refractivity contribution in [1.82, 2.24) is 15.0 Å². The average Bonchev–Trinajstić information content (AvgIpc) is 3.03. The summed E-state index contributed by atoms with van der Waals surface area (Å²) in [5.41, 5.74) is 0.761. The molecule has 1 fully saturated rings.